The molecule has 0 radical (unpaired) electrons. The van der Waals surface area contributed by atoms with Crippen LogP contribution in [0.4, 0.5) is 5.69 Å². The van der Waals surface area contributed by atoms with Crippen LogP contribution in [0.5, 0.6) is 5.75 Å². The Kier molecular flexibility index (Phi) is 3.45. The zero-order valence-corrected chi connectivity index (χ0v) is 13.0. The van der Waals surface area contributed by atoms with Gasteiger partial charge in [0.25, 0.3) is 5.91 Å². The van der Waals surface area contributed by atoms with Crippen LogP contribution in [0.15, 0.2) is 42.5 Å². The molecular weight excluding hydrogens is 288 g/mol. The number of phenolic OH excluding ortho intramolecular Hbond substituents is 1. The van der Waals surface area contributed by atoms with E-state index < -0.39 is 0 Å². The predicted octanol–water partition coefficient (Wildman–Crippen LogP) is 3.15. The van der Waals surface area contributed by atoms with Gasteiger partial charge in [0.15, 0.2) is 0 Å². The van der Waals surface area contributed by atoms with Crippen molar-refractivity contribution in [2.75, 3.05) is 18.0 Å². The van der Waals surface area contributed by atoms with Crippen molar-refractivity contribution >= 4 is 11.6 Å². The minimum atomic E-state index is 0.0982. The van der Waals surface area contributed by atoms with E-state index in [0.717, 1.165) is 29.8 Å². The average molecular weight is 308 g/mol. The number of aromatic hydroxyl groups is 1. The lowest BCUT2D eigenvalue weighted by molar-refractivity contribution is 0.0766. The molecule has 0 bridgehead atoms. The minimum Gasteiger partial charge on any atom is -0.508 e. The summed E-state index contributed by atoms with van der Waals surface area (Å²) in [6.45, 7) is 3.47. The van der Waals surface area contributed by atoms with E-state index in [1.54, 1.807) is 12.1 Å². The Morgan fingerprint density at radius 1 is 1.00 bits per heavy atom. The number of nitrogens with zero attached hydrogens (tertiary/aromatic N) is 2. The quantitative estimate of drug-likeness (QED) is 0.947. The summed E-state index contributed by atoms with van der Waals surface area (Å²) in [5.41, 5.74) is 4.22. The van der Waals surface area contributed by atoms with Crippen molar-refractivity contribution in [1.82, 2.24) is 4.90 Å². The maximum absolute atomic E-state index is 12.6. The summed E-state index contributed by atoms with van der Waals surface area (Å²) >= 11 is 0. The van der Waals surface area contributed by atoms with Gasteiger partial charge >= 0.3 is 0 Å². The van der Waals surface area contributed by atoms with Crippen LogP contribution in [-0.2, 0) is 13.1 Å². The molecule has 2 aromatic rings. The van der Waals surface area contributed by atoms with Crippen LogP contribution in [0.1, 0.15) is 34.3 Å². The van der Waals surface area contributed by atoms with Crippen molar-refractivity contribution in [3.05, 3.63) is 59.2 Å². The number of carbonyl (C=O) groups excluding carboxylic acids is 1. The van der Waals surface area contributed by atoms with E-state index in [2.05, 4.69) is 17.0 Å². The fourth-order valence-corrected chi connectivity index (χ4v) is 3.49. The van der Waals surface area contributed by atoms with E-state index in [1.807, 2.05) is 23.1 Å². The van der Waals surface area contributed by atoms with Crippen molar-refractivity contribution in [3.63, 3.8) is 0 Å². The number of hydrogen-bond acceptors (Lipinski definition) is 3. The summed E-state index contributed by atoms with van der Waals surface area (Å²) in [5, 5.41) is 9.36. The summed E-state index contributed by atoms with van der Waals surface area (Å²) in [4.78, 5) is 16.8. The van der Waals surface area contributed by atoms with Gasteiger partial charge in [-0.15, -0.1) is 0 Å². The van der Waals surface area contributed by atoms with Crippen molar-refractivity contribution in [2.24, 2.45) is 0 Å². The van der Waals surface area contributed by atoms with Gasteiger partial charge in [-0.3, -0.25) is 4.79 Å². The van der Waals surface area contributed by atoms with Crippen molar-refractivity contribution in [2.45, 2.75) is 25.9 Å². The fourth-order valence-electron chi connectivity index (χ4n) is 3.49. The van der Waals surface area contributed by atoms with Gasteiger partial charge in [0.05, 0.1) is 0 Å². The highest BCUT2D eigenvalue weighted by Crippen LogP contribution is 2.30. The molecule has 4 rings (SSSR count). The highest BCUT2D eigenvalue weighted by Gasteiger charge is 2.28. The van der Waals surface area contributed by atoms with Gasteiger partial charge < -0.3 is 14.9 Å². The van der Waals surface area contributed by atoms with Crippen molar-refractivity contribution in [3.8, 4) is 5.75 Å². The standard InChI is InChI=1S/C19H20N2O2/c22-17-6-3-14(4-7-17)12-21-13-15-11-16(20-9-1-2-10-20)5-8-18(15)19(21)23/h3-8,11,22H,1-2,9-10,12-13H2. The number of fused-ring (bicyclic) bond motifs is 1. The Hall–Kier alpha value is -2.49. The van der Waals surface area contributed by atoms with Crippen LogP contribution >= 0.6 is 0 Å². The van der Waals surface area contributed by atoms with E-state index in [1.165, 1.54) is 18.5 Å². The Morgan fingerprint density at radius 2 is 1.74 bits per heavy atom. The van der Waals surface area contributed by atoms with Crippen molar-refractivity contribution < 1.29 is 9.90 Å². The number of carbonyl (C=O) groups is 1. The van der Waals surface area contributed by atoms with Gasteiger partial charge in [-0.2, -0.15) is 0 Å². The number of hydrogen-bond donors (Lipinski definition) is 1. The lowest BCUT2D eigenvalue weighted by Gasteiger charge is -2.18. The smallest absolute Gasteiger partial charge is 0.254 e. The third kappa shape index (κ3) is 2.65. The summed E-state index contributed by atoms with van der Waals surface area (Å²) < 4.78 is 0. The molecule has 1 fully saturated rings. The maximum Gasteiger partial charge on any atom is 0.254 e. The van der Waals surface area contributed by atoms with Crippen LogP contribution in [0, 0.1) is 0 Å². The van der Waals surface area contributed by atoms with Gasteiger partial charge in [0.2, 0.25) is 0 Å². The first kappa shape index (κ1) is 14.1. The van der Waals surface area contributed by atoms with Crippen LogP contribution < -0.4 is 4.90 Å². The summed E-state index contributed by atoms with van der Waals surface area (Å²) in [6.07, 6.45) is 2.51. The third-order valence-electron chi connectivity index (χ3n) is 4.75. The van der Waals surface area contributed by atoms with E-state index >= 15 is 0 Å². The molecule has 1 saturated heterocycles. The Bertz CT molecular complexity index is 734. The molecule has 4 heteroatoms. The molecule has 0 unspecified atom stereocenters. The number of anilines is 1. The molecule has 2 aliphatic heterocycles. The molecule has 2 heterocycles. The lowest BCUT2D eigenvalue weighted by atomic mass is 10.1. The largest absolute Gasteiger partial charge is 0.508 e. The first-order valence-electron chi connectivity index (χ1n) is 8.16. The highest BCUT2D eigenvalue weighted by molar-refractivity contribution is 5.98. The minimum absolute atomic E-state index is 0.0982. The second-order valence-corrected chi connectivity index (χ2v) is 6.36. The molecule has 4 nitrogen and oxygen atoms in total. The molecule has 118 valence electrons. The number of benzene rings is 2. The predicted molar refractivity (Wildman–Crippen MR) is 89.6 cm³/mol. The highest BCUT2D eigenvalue weighted by atomic mass is 16.3. The van der Waals surface area contributed by atoms with Gasteiger partial charge in [-0.05, 0) is 54.3 Å². The normalized spacial score (nSPS) is 17.0. The molecule has 1 N–H and O–H groups in total. The van der Waals surface area contributed by atoms with E-state index in [4.69, 9.17) is 0 Å². The SMILES string of the molecule is O=C1c2ccc(N3CCCC3)cc2CN1Cc1ccc(O)cc1. The first-order valence-corrected chi connectivity index (χ1v) is 8.16. The number of amides is 1. The molecule has 2 aromatic carbocycles. The Labute approximate surface area is 136 Å². The Balaban J connectivity index is 1.53. The summed E-state index contributed by atoms with van der Waals surface area (Å²) in [7, 11) is 0. The molecular formula is C19H20N2O2. The summed E-state index contributed by atoms with van der Waals surface area (Å²) in [6, 6.07) is 13.3. The van der Waals surface area contributed by atoms with E-state index in [9.17, 15) is 9.90 Å². The molecule has 0 atom stereocenters. The lowest BCUT2D eigenvalue weighted by Crippen LogP contribution is -2.23. The topological polar surface area (TPSA) is 43.8 Å². The molecule has 0 aromatic heterocycles. The van der Waals surface area contributed by atoms with Gasteiger partial charge in [0, 0.05) is 37.4 Å². The Morgan fingerprint density at radius 3 is 2.48 bits per heavy atom. The van der Waals surface area contributed by atoms with Gasteiger partial charge in [-0.1, -0.05) is 12.1 Å². The first-order chi connectivity index (χ1) is 11.2. The fraction of sp³-hybridized carbons (Fsp3) is 0.316. The maximum atomic E-state index is 12.6. The second-order valence-electron chi connectivity index (χ2n) is 6.36. The summed E-state index contributed by atoms with van der Waals surface area (Å²) in [5.74, 6) is 0.348. The third-order valence-corrected chi connectivity index (χ3v) is 4.75. The molecule has 2 aliphatic rings. The molecule has 1 amide bonds. The van der Waals surface area contributed by atoms with Crippen LogP contribution in [-0.4, -0.2) is 29.0 Å². The van der Waals surface area contributed by atoms with E-state index in [0.29, 0.717) is 13.1 Å². The molecule has 0 saturated carbocycles. The number of phenols is 1. The van der Waals surface area contributed by atoms with Gasteiger partial charge in [0.1, 0.15) is 5.75 Å². The van der Waals surface area contributed by atoms with Crippen LogP contribution in [0.25, 0.3) is 0 Å². The molecule has 0 spiro atoms. The second kappa shape index (κ2) is 5.61. The zero-order chi connectivity index (χ0) is 15.8. The van der Waals surface area contributed by atoms with Crippen LogP contribution in [0.3, 0.4) is 0 Å². The molecule has 0 aliphatic carbocycles. The monoisotopic (exact) mass is 308 g/mol. The zero-order valence-electron chi connectivity index (χ0n) is 13.0. The van der Waals surface area contributed by atoms with E-state index in [-0.39, 0.29) is 11.7 Å². The van der Waals surface area contributed by atoms with Crippen molar-refractivity contribution in [1.29, 1.82) is 0 Å². The number of rotatable bonds is 3. The average Bonchev–Trinajstić information content (AvgIpc) is 3.19. The van der Waals surface area contributed by atoms with Crippen LogP contribution in [0.2, 0.25) is 0 Å². The molecule has 23 heavy (non-hydrogen) atoms. The van der Waals surface area contributed by atoms with Gasteiger partial charge in [-0.25, -0.2) is 0 Å².